The van der Waals surface area contributed by atoms with Gasteiger partial charge >= 0.3 is 0 Å². The van der Waals surface area contributed by atoms with Gasteiger partial charge in [0.15, 0.2) is 0 Å². The van der Waals surface area contributed by atoms with Crippen molar-refractivity contribution in [1.82, 2.24) is 0 Å². The maximum atomic E-state index is 10.4. The average molecular weight is 208 g/mol. The van der Waals surface area contributed by atoms with E-state index in [4.69, 9.17) is 17.3 Å². The molecular formula is C10H6ClNO2. The topological polar surface area (TPSA) is 60.2 Å². The Bertz CT molecular complexity index is 443. The van der Waals surface area contributed by atoms with Crippen LogP contribution < -0.4 is 5.73 Å². The van der Waals surface area contributed by atoms with Crippen molar-refractivity contribution in [3.05, 3.63) is 34.3 Å². The van der Waals surface area contributed by atoms with Crippen LogP contribution in [0.1, 0.15) is 15.9 Å². The van der Waals surface area contributed by atoms with Gasteiger partial charge in [0.25, 0.3) is 5.91 Å². The molecule has 0 spiro atoms. The van der Waals surface area contributed by atoms with Crippen molar-refractivity contribution >= 4 is 23.8 Å². The second kappa shape index (κ2) is 4.45. The zero-order valence-corrected chi connectivity index (χ0v) is 7.84. The maximum absolute atomic E-state index is 10.4. The van der Waals surface area contributed by atoms with Crippen LogP contribution in [0.3, 0.4) is 0 Å². The number of halogens is 1. The van der Waals surface area contributed by atoms with Crippen LogP contribution in [0.2, 0.25) is 5.02 Å². The summed E-state index contributed by atoms with van der Waals surface area (Å²) in [6, 6.07) is 4.59. The fourth-order valence-corrected chi connectivity index (χ4v) is 1.07. The van der Waals surface area contributed by atoms with E-state index in [2.05, 4.69) is 11.8 Å². The Kier molecular flexibility index (Phi) is 3.27. The predicted octanol–water partition coefficient (Wildman–Crippen LogP) is 0.989. The van der Waals surface area contributed by atoms with Gasteiger partial charge in [0.1, 0.15) is 6.29 Å². The van der Waals surface area contributed by atoms with Crippen molar-refractivity contribution in [3.63, 3.8) is 0 Å². The molecule has 0 saturated carbocycles. The van der Waals surface area contributed by atoms with Crippen LogP contribution in [-0.4, -0.2) is 12.2 Å². The molecule has 1 rings (SSSR count). The van der Waals surface area contributed by atoms with E-state index in [0.29, 0.717) is 22.4 Å². The van der Waals surface area contributed by atoms with E-state index in [9.17, 15) is 9.59 Å². The molecule has 0 saturated heterocycles. The lowest BCUT2D eigenvalue weighted by molar-refractivity contribution is -0.112. The van der Waals surface area contributed by atoms with Crippen molar-refractivity contribution in [3.8, 4) is 11.8 Å². The molecule has 0 heterocycles. The third-order valence-electron chi connectivity index (χ3n) is 1.45. The quantitative estimate of drug-likeness (QED) is 0.552. The van der Waals surface area contributed by atoms with Crippen LogP contribution in [-0.2, 0) is 4.79 Å². The molecule has 2 N–H and O–H groups in total. The summed E-state index contributed by atoms with van der Waals surface area (Å²) in [4.78, 5) is 20.7. The minimum Gasteiger partial charge on any atom is -0.359 e. The molecule has 0 atom stereocenters. The lowest BCUT2D eigenvalue weighted by Crippen LogP contribution is -2.06. The summed E-state index contributed by atoms with van der Waals surface area (Å²) in [7, 11) is 0. The molecule has 0 aliphatic heterocycles. The Morgan fingerprint density at radius 2 is 2.21 bits per heavy atom. The van der Waals surface area contributed by atoms with Crippen LogP contribution >= 0.6 is 11.6 Å². The number of aldehydes is 1. The van der Waals surface area contributed by atoms with Gasteiger partial charge in [-0.2, -0.15) is 0 Å². The molecule has 0 bridgehead atoms. The first-order valence-electron chi connectivity index (χ1n) is 3.69. The summed E-state index contributed by atoms with van der Waals surface area (Å²) in [6.45, 7) is 0. The van der Waals surface area contributed by atoms with Crippen LogP contribution in [0.25, 0.3) is 0 Å². The highest BCUT2D eigenvalue weighted by molar-refractivity contribution is 6.32. The first kappa shape index (κ1) is 10.3. The lowest BCUT2D eigenvalue weighted by atomic mass is 10.1. The second-order valence-electron chi connectivity index (χ2n) is 2.47. The fraction of sp³-hybridized carbons (Fsp3) is 0. The maximum Gasteiger partial charge on any atom is 0.293 e. The number of carbonyl (C=O) groups is 2. The van der Waals surface area contributed by atoms with E-state index in [1.165, 1.54) is 6.07 Å². The van der Waals surface area contributed by atoms with Gasteiger partial charge in [-0.3, -0.25) is 9.59 Å². The van der Waals surface area contributed by atoms with Gasteiger partial charge < -0.3 is 5.73 Å². The molecule has 0 fully saturated rings. The van der Waals surface area contributed by atoms with E-state index >= 15 is 0 Å². The average Bonchev–Trinajstić information content (AvgIpc) is 2.15. The SMILES string of the molecule is NC(=O)C#Cc1ccc(C=O)cc1Cl. The molecule has 3 nitrogen and oxygen atoms in total. The van der Waals surface area contributed by atoms with E-state index in [1.807, 2.05) is 0 Å². The highest BCUT2D eigenvalue weighted by Gasteiger charge is 1.98. The molecule has 70 valence electrons. The van der Waals surface area contributed by atoms with Gasteiger partial charge in [-0.1, -0.05) is 23.6 Å². The third kappa shape index (κ3) is 2.61. The number of nitrogens with two attached hydrogens (primary N) is 1. The van der Waals surface area contributed by atoms with Crippen molar-refractivity contribution in [2.24, 2.45) is 5.73 Å². The first-order chi connectivity index (χ1) is 6.63. The zero-order chi connectivity index (χ0) is 10.6. The summed E-state index contributed by atoms with van der Waals surface area (Å²) in [6.07, 6.45) is 0.678. The Morgan fingerprint density at radius 3 is 2.71 bits per heavy atom. The second-order valence-corrected chi connectivity index (χ2v) is 2.88. The highest BCUT2D eigenvalue weighted by atomic mass is 35.5. The molecule has 14 heavy (non-hydrogen) atoms. The molecule has 0 radical (unpaired) electrons. The van der Waals surface area contributed by atoms with Crippen LogP contribution in [0.5, 0.6) is 0 Å². The molecule has 4 heteroatoms. The molecule has 0 unspecified atom stereocenters. The van der Waals surface area contributed by atoms with Gasteiger partial charge in [0.05, 0.1) is 5.02 Å². The van der Waals surface area contributed by atoms with Gasteiger partial charge in [-0.05, 0) is 12.1 Å². The van der Waals surface area contributed by atoms with Crippen molar-refractivity contribution in [2.45, 2.75) is 0 Å². The Balaban J connectivity index is 3.08. The summed E-state index contributed by atoms with van der Waals surface area (Å²) >= 11 is 5.78. The molecule has 0 aliphatic carbocycles. The van der Waals surface area contributed by atoms with Crippen LogP contribution in [0, 0.1) is 11.8 Å². The number of rotatable bonds is 1. The molecular weight excluding hydrogens is 202 g/mol. The number of carbonyl (C=O) groups excluding carboxylic acids is 2. The molecule has 1 amide bonds. The number of benzene rings is 1. The van der Waals surface area contributed by atoms with Gasteiger partial charge in [-0.25, -0.2) is 0 Å². The summed E-state index contributed by atoms with van der Waals surface area (Å²) in [5.74, 6) is 3.93. The minimum atomic E-state index is -0.722. The summed E-state index contributed by atoms with van der Waals surface area (Å²) in [5.41, 5.74) is 5.76. The predicted molar refractivity (Wildman–Crippen MR) is 52.9 cm³/mol. The molecule has 1 aromatic rings. The molecule has 1 aromatic carbocycles. The molecule has 0 aromatic heterocycles. The van der Waals surface area contributed by atoms with E-state index in [0.717, 1.165) is 0 Å². The standard InChI is InChI=1S/C10H6ClNO2/c11-9-5-7(6-13)1-2-8(9)3-4-10(12)14/h1-2,5-6H,(H2,12,14). The van der Waals surface area contributed by atoms with Gasteiger partial charge in [0.2, 0.25) is 0 Å². The summed E-state index contributed by atoms with van der Waals surface area (Å²) in [5, 5.41) is 0.323. The van der Waals surface area contributed by atoms with Crippen molar-refractivity contribution in [1.29, 1.82) is 0 Å². The van der Waals surface area contributed by atoms with E-state index < -0.39 is 5.91 Å². The number of hydrogen-bond donors (Lipinski definition) is 1. The number of amides is 1. The minimum absolute atomic E-state index is 0.323. The monoisotopic (exact) mass is 207 g/mol. The van der Waals surface area contributed by atoms with E-state index in [1.54, 1.807) is 12.1 Å². The van der Waals surface area contributed by atoms with Crippen LogP contribution in [0.4, 0.5) is 0 Å². The first-order valence-corrected chi connectivity index (χ1v) is 4.07. The normalized spacial score (nSPS) is 8.64. The smallest absolute Gasteiger partial charge is 0.293 e. The van der Waals surface area contributed by atoms with Crippen LogP contribution in [0.15, 0.2) is 18.2 Å². The third-order valence-corrected chi connectivity index (χ3v) is 1.76. The van der Waals surface area contributed by atoms with Crippen molar-refractivity contribution < 1.29 is 9.59 Å². The largest absolute Gasteiger partial charge is 0.359 e. The number of primary amides is 1. The van der Waals surface area contributed by atoms with Crippen molar-refractivity contribution in [2.75, 3.05) is 0 Å². The Morgan fingerprint density at radius 1 is 1.50 bits per heavy atom. The Hall–Kier alpha value is -1.79. The zero-order valence-electron chi connectivity index (χ0n) is 7.08. The highest BCUT2D eigenvalue weighted by Crippen LogP contribution is 2.15. The van der Waals surface area contributed by atoms with Gasteiger partial charge in [-0.15, -0.1) is 0 Å². The fourth-order valence-electron chi connectivity index (χ4n) is 0.835. The summed E-state index contributed by atoms with van der Waals surface area (Å²) < 4.78 is 0. The van der Waals surface area contributed by atoms with Gasteiger partial charge in [0, 0.05) is 17.0 Å². The Labute approximate surface area is 85.9 Å². The molecule has 0 aliphatic rings. The van der Waals surface area contributed by atoms with E-state index in [-0.39, 0.29) is 0 Å². The lowest BCUT2D eigenvalue weighted by Gasteiger charge is -1.95. The number of hydrogen-bond acceptors (Lipinski definition) is 2.